The first-order valence-electron chi connectivity index (χ1n) is 4.80. The highest BCUT2D eigenvalue weighted by Crippen LogP contribution is 2.07. The number of ether oxygens (including phenoxy) is 1. The van der Waals surface area contributed by atoms with Gasteiger partial charge in [-0.15, -0.1) is 0 Å². The van der Waals surface area contributed by atoms with Crippen LogP contribution in [0.15, 0.2) is 12.3 Å². The zero-order valence-electron chi connectivity index (χ0n) is 9.32. The fraction of sp³-hybridized carbons (Fsp3) is 0.400. The van der Waals surface area contributed by atoms with E-state index >= 15 is 0 Å². The molecule has 6 nitrogen and oxygen atoms in total. The second kappa shape index (κ2) is 5.20. The van der Waals surface area contributed by atoms with E-state index < -0.39 is 0 Å². The maximum atomic E-state index is 11.7. The Bertz CT molecular complexity index is 386. The number of esters is 1. The van der Waals surface area contributed by atoms with Crippen molar-refractivity contribution < 1.29 is 14.3 Å². The van der Waals surface area contributed by atoms with Gasteiger partial charge in [0.1, 0.15) is 5.69 Å². The average molecular weight is 225 g/mol. The molecule has 1 aromatic heterocycles. The SMILES string of the molecule is COC(=O)CCN(C)C(=O)c1cc(N)c[nH]1. The highest BCUT2D eigenvalue weighted by molar-refractivity contribution is 5.93. The molecule has 0 unspecified atom stereocenters. The summed E-state index contributed by atoms with van der Waals surface area (Å²) in [5, 5.41) is 0. The van der Waals surface area contributed by atoms with Crippen LogP contribution in [0.4, 0.5) is 5.69 Å². The van der Waals surface area contributed by atoms with Gasteiger partial charge in [0.15, 0.2) is 0 Å². The smallest absolute Gasteiger partial charge is 0.307 e. The number of nitrogens with one attached hydrogen (secondary N) is 1. The minimum absolute atomic E-state index is 0.176. The second-order valence-electron chi connectivity index (χ2n) is 3.40. The molecular weight excluding hydrogens is 210 g/mol. The Balaban J connectivity index is 2.51. The minimum Gasteiger partial charge on any atom is -0.469 e. The molecule has 88 valence electrons. The predicted molar refractivity (Wildman–Crippen MR) is 58.8 cm³/mol. The predicted octanol–water partition coefficient (Wildman–Crippen LogP) is 0.232. The number of H-pyrrole nitrogens is 1. The molecule has 6 heteroatoms. The van der Waals surface area contributed by atoms with E-state index in [9.17, 15) is 9.59 Å². The van der Waals surface area contributed by atoms with Crippen molar-refractivity contribution in [3.8, 4) is 0 Å². The lowest BCUT2D eigenvalue weighted by molar-refractivity contribution is -0.140. The van der Waals surface area contributed by atoms with E-state index in [-0.39, 0.29) is 18.3 Å². The molecule has 0 bridgehead atoms. The first-order valence-corrected chi connectivity index (χ1v) is 4.80. The average Bonchev–Trinajstić information content (AvgIpc) is 2.71. The van der Waals surface area contributed by atoms with E-state index in [1.807, 2.05) is 0 Å². The Morgan fingerprint density at radius 1 is 1.56 bits per heavy atom. The Kier molecular flexibility index (Phi) is 3.93. The van der Waals surface area contributed by atoms with Crippen LogP contribution in [0, 0.1) is 0 Å². The van der Waals surface area contributed by atoms with Gasteiger partial charge >= 0.3 is 5.97 Å². The van der Waals surface area contributed by atoms with E-state index in [1.54, 1.807) is 19.3 Å². The molecule has 0 radical (unpaired) electrons. The number of rotatable bonds is 4. The molecule has 0 aromatic carbocycles. The van der Waals surface area contributed by atoms with Gasteiger partial charge in [0.2, 0.25) is 0 Å². The minimum atomic E-state index is -0.342. The summed E-state index contributed by atoms with van der Waals surface area (Å²) in [6, 6.07) is 1.55. The number of hydrogen-bond donors (Lipinski definition) is 2. The Morgan fingerprint density at radius 3 is 2.75 bits per heavy atom. The molecule has 0 aliphatic heterocycles. The lowest BCUT2D eigenvalue weighted by Crippen LogP contribution is -2.29. The third-order valence-electron chi connectivity index (χ3n) is 2.16. The van der Waals surface area contributed by atoms with Crippen LogP contribution < -0.4 is 5.73 Å². The highest BCUT2D eigenvalue weighted by atomic mass is 16.5. The number of hydrogen-bond acceptors (Lipinski definition) is 4. The van der Waals surface area contributed by atoms with E-state index in [1.165, 1.54) is 12.0 Å². The Hall–Kier alpha value is -1.98. The molecule has 1 amide bonds. The fourth-order valence-corrected chi connectivity index (χ4v) is 1.20. The number of nitrogens with two attached hydrogens (primary N) is 1. The zero-order chi connectivity index (χ0) is 12.1. The molecule has 1 heterocycles. The second-order valence-corrected chi connectivity index (χ2v) is 3.40. The zero-order valence-corrected chi connectivity index (χ0v) is 9.32. The first-order chi connectivity index (χ1) is 7.54. The van der Waals surface area contributed by atoms with Crippen molar-refractivity contribution in [3.05, 3.63) is 18.0 Å². The first kappa shape index (κ1) is 12.1. The topological polar surface area (TPSA) is 88.4 Å². The van der Waals surface area contributed by atoms with Crippen molar-refractivity contribution >= 4 is 17.6 Å². The maximum Gasteiger partial charge on any atom is 0.307 e. The monoisotopic (exact) mass is 225 g/mol. The molecule has 0 saturated heterocycles. The fourth-order valence-electron chi connectivity index (χ4n) is 1.20. The van der Waals surface area contributed by atoms with Crippen LogP contribution >= 0.6 is 0 Å². The number of amides is 1. The molecular formula is C10H15N3O3. The summed E-state index contributed by atoms with van der Waals surface area (Å²) in [5.41, 5.74) is 6.40. The molecule has 0 spiro atoms. The van der Waals surface area contributed by atoms with Crippen LogP contribution in [0.2, 0.25) is 0 Å². The Labute approximate surface area is 93.4 Å². The van der Waals surface area contributed by atoms with Gasteiger partial charge in [-0.3, -0.25) is 9.59 Å². The van der Waals surface area contributed by atoms with Crippen molar-refractivity contribution in [2.24, 2.45) is 0 Å². The number of nitrogen functional groups attached to an aromatic ring is 1. The van der Waals surface area contributed by atoms with E-state index in [4.69, 9.17) is 5.73 Å². The molecule has 1 rings (SSSR count). The van der Waals surface area contributed by atoms with Crippen molar-refractivity contribution in [1.82, 2.24) is 9.88 Å². The standard InChI is InChI=1S/C10H15N3O3/c1-13(4-3-9(14)16-2)10(15)8-5-7(11)6-12-8/h5-6,12H,3-4,11H2,1-2H3. The van der Waals surface area contributed by atoms with Crippen molar-refractivity contribution in [3.63, 3.8) is 0 Å². The number of carbonyl (C=O) groups excluding carboxylic acids is 2. The summed E-state index contributed by atoms with van der Waals surface area (Å²) in [7, 11) is 2.93. The van der Waals surface area contributed by atoms with Crippen molar-refractivity contribution in [2.75, 3.05) is 26.4 Å². The van der Waals surface area contributed by atoms with Crippen LogP contribution in [0.5, 0.6) is 0 Å². The van der Waals surface area contributed by atoms with Crippen LogP contribution in [-0.2, 0) is 9.53 Å². The number of aromatic nitrogens is 1. The highest BCUT2D eigenvalue weighted by Gasteiger charge is 2.14. The van der Waals surface area contributed by atoms with Gasteiger partial charge in [0.05, 0.1) is 13.5 Å². The summed E-state index contributed by atoms with van der Waals surface area (Å²) >= 11 is 0. The van der Waals surface area contributed by atoms with Crippen molar-refractivity contribution in [1.29, 1.82) is 0 Å². The summed E-state index contributed by atoms with van der Waals surface area (Å²) in [6.07, 6.45) is 1.72. The summed E-state index contributed by atoms with van der Waals surface area (Å²) in [5.74, 6) is -0.550. The molecule has 0 aliphatic rings. The van der Waals surface area contributed by atoms with Crippen molar-refractivity contribution in [2.45, 2.75) is 6.42 Å². The van der Waals surface area contributed by atoms with Gasteiger partial charge in [-0.25, -0.2) is 0 Å². The summed E-state index contributed by atoms with van der Waals surface area (Å²) in [4.78, 5) is 26.8. The molecule has 16 heavy (non-hydrogen) atoms. The molecule has 0 aliphatic carbocycles. The van der Waals surface area contributed by atoms with E-state index in [2.05, 4.69) is 9.72 Å². The van der Waals surface area contributed by atoms with Crippen LogP contribution in [-0.4, -0.2) is 42.5 Å². The molecule has 0 saturated carbocycles. The number of carbonyl (C=O) groups is 2. The number of nitrogens with zero attached hydrogens (tertiary/aromatic N) is 1. The lowest BCUT2D eigenvalue weighted by Gasteiger charge is -2.15. The van der Waals surface area contributed by atoms with Gasteiger partial charge < -0.3 is 20.4 Å². The van der Waals surface area contributed by atoms with Gasteiger partial charge in [-0.1, -0.05) is 0 Å². The summed E-state index contributed by atoms with van der Waals surface area (Å²) < 4.78 is 4.49. The third-order valence-corrected chi connectivity index (χ3v) is 2.16. The number of methoxy groups -OCH3 is 1. The third kappa shape index (κ3) is 3.01. The van der Waals surface area contributed by atoms with Crippen LogP contribution in [0.3, 0.4) is 0 Å². The molecule has 0 atom stereocenters. The van der Waals surface area contributed by atoms with Gasteiger partial charge in [-0.2, -0.15) is 0 Å². The number of aromatic amines is 1. The molecule has 0 fully saturated rings. The quantitative estimate of drug-likeness (QED) is 0.718. The Morgan fingerprint density at radius 2 is 2.25 bits per heavy atom. The normalized spacial score (nSPS) is 9.88. The maximum absolute atomic E-state index is 11.7. The van der Waals surface area contributed by atoms with E-state index in [0.717, 1.165) is 0 Å². The van der Waals surface area contributed by atoms with Gasteiger partial charge in [0, 0.05) is 25.5 Å². The van der Waals surface area contributed by atoms with Gasteiger partial charge in [-0.05, 0) is 6.07 Å². The molecule has 3 N–H and O–H groups in total. The summed E-state index contributed by atoms with van der Waals surface area (Å²) in [6.45, 7) is 0.310. The molecule has 1 aromatic rings. The number of anilines is 1. The van der Waals surface area contributed by atoms with Gasteiger partial charge in [0.25, 0.3) is 5.91 Å². The van der Waals surface area contributed by atoms with Crippen LogP contribution in [0.25, 0.3) is 0 Å². The largest absolute Gasteiger partial charge is 0.469 e. The van der Waals surface area contributed by atoms with Crippen LogP contribution in [0.1, 0.15) is 16.9 Å². The lowest BCUT2D eigenvalue weighted by atomic mass is 10.3. The van der Waals surface area contributed by atoms with E-state index in [0.29, 0.717) is 17.9 Å².